The Morgan fingerprint density at radius 1 is 0.870 bits per heavy atom. The molecule has 1 rings (SSSR count). The average Bonchev–Trinajstić information content (AvgIpc) is 2.50. The maximum atomic E-state index is 11.7. The number of hydrogen-bond acceptors (Lipinski definition) is 2. The van der Waals surface area contributed by atoms with Gasteiger partial charge in [0.15, 0.2) is 5.41 Å². The second kappa shape index (κ2) is 11.9. The van der Waals surface area contributed by atoms with Crippen LogP contribution in [0, 0.1) is 0 Å². The molecular weight excluding hydrogens is 320 g/mol. The Labute approximate surface area is 168 Å². The second-order valence-electron chi connectivity index (χ2n) is 5.75. The fourth-order valence-electron chi connectivity index (χ4n) is 2.77. The molecule has 0 atom stereocenters. The number of hydrogen-bond donors (Lipinski definition) is 2. The molecule has 0 fully saturated rings. The molecule has 2 N–H and O–H groups in total. The van der Waals surface area contributed by atoms with E-state index in [9.17, 15) is 19.8 Å². The van der Waals surface area contributed by atoms with Crippen LogP contribution in [0.4, 0.5) is 0 Å². The summed E-state index contributed by atoms with van der Waals surface area (Å²) < 4.78 is 0. The topological polar surface area (TPSA) is 74.6 Å². The SMILES string of the molecule is CCCCCCCCCC(C(=O)O)(C(=O)O)c1ccccc1.[CaH2]. The van der Waals surface area contributed by atoms with E-state index in [-0.39, 0.29) is 44.2 Å². The molecule has 0 spiro atoms. The van der Waals surface area contributed by atoms with Gasteiger partial charge in [-0.3, -0.25) is 9.59 Å². The number of carboxylic acid groups (broad SMARTS) is 2. The van der Waals surface area contributed by atoms with Crippen LogP contribution in [-0.4, -0.2) is 59.9 Å². The third-order valence-corrected chi connectivity index (χ3v) is 4.15. The van der Waals surface area contributed by atoms with Crippen molar-refractivity contribution in [3.05, 3.63) is 35.9 Å². The summed E-state index contributed by atoms with van der Waals surface area (Å²) in [5.74, 6) is -2.56. The summed E-state index contributed by atoms with van der Waals surface area (Å²) in [6.07, 6.45) is 7.38. The van der Waals surface area contributed by atoms with Crippen molar-refractivity contribution in [2.24, 2.45) is 0 Å². The van der Waals surface area contributed by atoms with Crippen LogP contribution in [0.25, 0.3) is 0 Å². The van der Waals surface area contributed by atoms with Gasteiger partial charge in [-0.2, -0.15) is 0 Å². The quantitative estimate of drug-likeness (QED) is 0.365. The first-order valence-electron chi connectivity index (χ1n) is 8.08. The van der Waals surface area contributed by atoms with Gasteiger partial charge in [-0.1, -0.05) is 82.2 Å². The molecular formula is C18H28CaO4. The molecule has 4 nitrogen and oxygen atoms in total. The summed E-state index contributed by atoms with van der Waals surface area (Å²) in [5, 5.41) is 19.1. The Morgan fingerprint density at radius 2 is 1.35 bits per heavy atom. The third kappa shape index (κ3) is 6.44. The molecule has 1 aromatic carbocycles. The van der Waals surface area contributed by atoms with Crippen LogP contribution in [0.2, 0.25) is 0 Å². The van der Waals surface area contributed by atoms with Crippen molar-refractivity contribution in [1.82, 2.24) is 0 Å². The Balaban J connectivity index is 0.00000484. The summed E-state index contributed by atoms with van der Waals surface area (Å²) in [5.41, 5.74) is -1.48. The molecule has 0 heterocycles. The second-order valence-corrected chi connectivity index (χ2v) is 5.75. The van der Waals surface area contributed by atoms with E-state index >= 15 is 0 Å². The normalized spacial score (nSPS) is 10.8. The van der Waals surface area contributed by atoms with Crippen molar-refractivity contribution in [2.75, 3.05) is 0 Å². The molecule has 0 saturated heterocycles. The average molecular weight is 348 g/mol. The number of carbonyl (C=O) groups is 2. The predicted octanol–water partition coefficient (Wildman–Crippen LogP) is 3.32. The summed E-state index contributed by atoms with van der Waals surface area (Å²) in [7, 11) is 0. The summed E-state index contributed by atoms with van der Waals surface area (Å²) in [6.45, 7) is 2.16. The van der Waals surface area contributed by atoms with Gasteiger partial charge in [0.05, 0.1) is 0 Å². The van der Waals surface area contributed by atoms with Crippen molar-refractivity contribution in [2.45, 2.75) is 63.7 Å². The van der Waals surface area contributed by atoms with Gasteiger partial charge in [0.1, 0.15) is 0 Å². The number of unbranched alkanes of at least 4 members (excludes halogenated alkanes) is 6. The van der Waals surface area contributed by atoms with E-state index in [4.69, 9.17) is 0 Å². The molecule has 1 aromatic rings. The van der Waals surface area contributed by atoms with E-state index in [2.05, 4.69) is 6.92 Å². The molecule has 0 radical (unpaired) electrons. The molecule has 0 bridgehead atoms. The zero-order valence-corrected chi connectivity index (χ0v) is 13.3. The van der Waals surface area contributed by atoms with Gasteiger partial charge in [0.25, 0.3) is 0 Å². The van der Waals surface area contributed by atoms with Crippen LogP contribution in [0.3, 0.4) is 0 Å². The minimum atomic E-state index is -1.83. The zero-order valence-electron chi connectivity index (χ0n) is 13.3. The summed E-state index contributed by atoms with van der Waals surface area (Å²) >= 11 is 0. The number of rotatable bonds is 11. The fourth-order valence-corrected chi connectivity index (χ4v) is 2.77. The van der Waals surface area contributed by atoms with Gasteiger partial charge in [-0.25, -0.2) is 0 Å². The molecule has 5 heteroatoms. The summed E-state index contributed by atoms with van der Waals surface area (Å²) in [4.78, 5) is 23.4. The first kappa shape index (κ1) is 22.4. The van der Waals surface area contributed by atoms with E-state index in [1.54, 1.807) is 30.3 Å². The molecule has 0 aromatic heterocycles. The first-order valence-corrected chi connectivity index (χ1v) is 8.08. The molecule has 0 aliphatic heterocycles. The van der Waals surface area contributed by atoms with Crippen molar-refractivity contribution in [3.63, 3.8) is 0 Å². The van der Waals surface area contributed by atoms with Crippen LogP contribution in [0.5, 0.6) is 0 Å². The number of aliphatic carboxylic acids is 2. The van der Waals surface area contributed by atoms with Crippen molar-refractivity contribution in [3.8, 4) is 0 Å². The van der Waals surface area contributed by atoms with Crippen LogP contribution < -0.4 is 0 Å². The van der Waals surface area contributed by atoms with E-state index in [1.165, 1.54) is 19.3 Å². The van der Waals surface area contributed by atoms with Crippen molar-refractivity contribution >= 4 is 49.7 Å². The zero-order chi connectivity index (χ0) is 16.4. The standard InChI is InChI=1S/C18H26O4.Ca.2H/c1-2-3-4-5-6-7-11-14-18(16(19)20,17(21)22)15-12-9-8-10-13-15;;;/h8-10,12-13H,2-7,11,14H2,1H3,(H,19,20)(H,21,22);;;. The van der Waals surface area contributed by atoms with Crippen LogP contribution in [0.1, 0.15) is 63.9 Å². The van der Waals surface area contributed by atoms with Gasteiger partial charge in [-0.05, 0) is 12.0 Å². The summed E-state index contributed by atoms with van der Waals surface area (Å²) in [6, 6.07) is 8.29. The minimum absolute atomic E-state index is 0. The van der Waals surface area contributed by atoms with Gasteiger partial charge in [0.2, 0.25) is 0 Å². The Morgan fingerprint density at radius 3 is 1.83 bits per heavy atom. The fraction of sp³-hybridized carbons (Fsp3) is 0.556. The molecule has 0 saturated carbocycles. The van der Waals surface area contributed by atoms with Gasteiger partial charge in [-0.15, -0.1) is 0 Å². The monoisotopic (exact) mass is 348 g/mol. The predicted molar refractivity (Wildman–Crippen MR) is 94.5 cm³/mol. The number of benzene rings is 1. The maximum absolute atomic E-state index is 11.7. The first-order chi connectivity index (χ1) is 10.6. The molecule has 23 heavy (non-hydrogen) atoms. The Hall–Kier alpha value is -0.580. The van der Waals surface area contributed by atoms with E-state index < -0.39 is 17.4 Å². The van der Waals surface area contributed by atoms with Crippen LogP contribution in [-0.2, 0) is 15.0 Å². The Kier molecular flexibility index (Phi) is 11.6. The molecule has 126 valence electrons. The molecule has 0 aliphatic carbocycles. The van der Waals surface area contributed by atoms with E-state index in [0.717, 1.165) is 19.3 Å². The van der Waals surface area contributed by atoms with Crippen LogP contribution in [0.15, 0.2) is 30.3 Å². The van der Waals surface area contributed by atoms with Crippen molar-refractivity contribution < 1.29 is 19.8 Å². The van der Waals surface area contributed by atoms with E-state index in [1.807, 2.05) is 0 Å². The Bertz CT molecular complexity index is 459. The third-order valence-electron chi connectivity index (χ3n) is 4.15. The van der Waals surface area contributed by atoms with E-state index in [0.29, 0.717) is 12.0 Å². The van der Waals surface area contributed by atoms with Gasteiger partial charge >= 0.3 is 49.7 Å². The van der Waals surface area contributed by atoms with Gasteiger partial charge in [0, 0.05) is 0 Å². The van der Waals surface area contributed by atoms with Crippen LogP contribution >= 0.6 is 0 Å². The van der Waals surface area contributed by atoms with Crippen molar-refractivity contribution in [1.29, 1.82) is 0 Å². The molecule has 0 amide bonds. The molecule has 0 unspecified atom stereocenters. The number of carboxylic acids is 2. The molecule has 0 aliphatic rings. The van der Waals surface area contributed by atoms with Gasteiger partial charge < -0.3 is 10.2 Å².